The van der Waals surface area contributed by atoms with Crippen LogP contribution in [0.5, 0.6) is 11.5 Å². The predicted octanol–water partition coefficient (Wildman–Crippen LogP) is 4.76. The van der Waals surface area contributed by atoms with E-state index in [9.17, 15) is 19.8 Å². The van der Waals surface area contributed by atoms with Crippen molar-refractivity contribution in [2.45, 2.75) is 52.1 Å². The van der Waals surface area contributed by atoms with Gasteiger partial charge in [0.25, 0.3) is 0 Å². The summed E-state index contributed by atoms with van der Waals surface area (Å²) in [5, 5.41) is 18.7. The van der Waals surface area contributed by atoms with Crippen molar-refractivity contribution < 1.29 is 10.2 Å². The van der Waals surface area contributed by atoms with Gasteiger partial charge in [0, 0.05) is 23.7 Å². The molecule has 220 valence electrons. The molecule has 0 spiro atoms. The smallest absolute Gasteiger partial charge is 0.329 e. The number of nitrogens with zero attached hydrogens (tertiary/aromatic N) is 6. The first-order chi connectivity index (χ1) is 20.8. The van der Waals surface area contributed by atoms with Gasteiger partial charge >= 0.3 is 11.4 Å². The molecule has 43 heavy (non-hydrogen) atoms. The van der Waals surface area contributed by atoms with Crippen molar-refractivity contribution >= 4 is 22.6 Å². The Morgan fingerprint density at radius 2 is 1.26 bits per heavy atom. The Morgan fingerprint density at radius 3 is 1.79 bits per heavy atom. The van der Waals surface area contributed by atoms with Crippen molar-refractivity contribution in [3.8, 4) is 34.0 Å². The van der Waals surface area contributed by atoms with Crippen LogP contribution < -0.4 is 11.4 Å². The largest absolute Gasteiger partial charge is 0.508 e. The Bertz CT molecular complexity index is 2000. The molecule has 0 saturated heterocycles. The predicted molar refractivity (Wildman–Crippen MR) is 163 cm³/mol. The summed E-state index contributed by atoms with van der Waals surface area (Å²) in [6.45, 7) is 4.54. The molecular formula is C31H32N8O4. The average Bonchev–Trinajstić information content (AvgIpc) is 3.71. The van der Waals surface area contributed by atoms with Crippen molar-refractivity contribution in [3.63, 3.8) is 0 Å². The SMILES string of the molecule is CC(C)n1c(=O)[nH]c2ncc(-c3ccc(O)cc3)nc21.O=c1[nH]c2ncc(-c3ccc(O)cc3)nc2n1CC1CCCC1. The summed E-state index contributed by atoms with van der Waals surface area (Å²) < 4.78 is 3.29. The summed E-state index contributed by atoms with van der Waals surface area (Å²) in [6.07, 6.45) is 8.08. The van der Waals surface area contributed by atoms with Crippen LogP contribution in [0, 0.1) is 5.92 Å². The Hall–Kier alpha value is -5.26. The zero-order chi connectivity index (χ0) is 30.1. The first-order valence-corrected chi connectivity index (χ1v) is 14.3. The summed E-state index contributed by atoms with van der Waals surface area (Å²) in [6, 6.07) is 13.5. The zero-order valence-electron chi connectivity index (χ0n) is 23.9. The van der Waals surface area contributed by atoms with E-state index < -0.39 is 0 Å². The Labute approximate surface area is 245 Å². The van der Waals surface area contributed by atoms with E-state index in [0.717, 1.165) is 11.1 Å². The van der Waals surface area contributed by atoms with E-state index in [1.165, 1.54) is 25.7 Å². The van der Waals surface area contributed by atoms with Gasteiger partial charge in [-0.2, -0.15) is 0 Å². The first-order valence-electron chi connectivity index (χ1n) is 14.3. The lowest BCUT2D eigenvalue weighted by Gasteiger charge is -2.09. The number of aromatic nitrogens is 8. The molecule has 0 amide bonds. The van der Waals surface area contributed by atoms with E-state index in [0.29, 0.717) is 46.4 Å². The molecule has 7 rings (SSSR count). The van der Waals surface area contributed by atoms with Gasteiger partial charge in [-0.15, -0.1) is 0 Å². The number of phenols is 2. The fraction of sp³-hybridized carbons (Fsp3) is 0.290. The van der Waals surface area contributed by atoms with Crippen molar-refractivity contribution in [3.05, 3.63) is 81.9 Å². The molecule has 0 unspecified atom stereocenters. The fourth-order valence-electron chi connectivity index (χ4n) is 5.46. The van der Waals surface area contributed by atoms with Crippen molar-refractivity contribution in [1.82, 2.24) is 39.0 Å². The average molecular weight is 581 g/mol. The van der Waals surface area contributed by atoms with E-state index in [4.69, 9.17) is 0 Å². The number of phenolic OH excluding ortho intramolecular Hbond substituents is 2. The zero-order valence-corrected chi connectivity index (χ0v) is 23.9. The molecule has 2 aromatic carbocycles. The number of aromatic hydroxyl groups is 2. The number of fused-ring (bicyclic) bond motifs is 2. The Kier molecular flexibility index (Phi) is 7.49. The number of hydrogen-bond donors (Lipinski definition) is 4. The second-order valence-corrected chi connectivity index (χ2v) is 11.0. The van der Waals surface area contributed by atoms with Gasteiger partial charge in [0.05, 0.1) is 23.8 Å². The van der Waals surface area contributed by atoms with Crippen LogP contribution in [0.2, 0.25) is 0 Å². The van der Waals surface area contributed by atoms with E-state index >= 15 is 0 Å². The van der Waals surface area contributed by atoms with E-state index in [-0.39, 0.29) is 28.9 Å². The van der Waals surface area contributed by atoms with Gasteiger partial charge in [0.2, 0.25) is 0 Å². The lowest BCUT2D eigenvalue weighted by Crippen LogP contribution is -2.20. The third kappa shape index (κ3) is 5.76. The number of H-pyrrole nitrogens is 2. The van der Waals surface area contributed by atoms with Gasteiger partial charge in [-0.05, 0) is 81.1 Å². The molecule has 4 aromatic heterocycles. The number of benzene rings is 2. The quantitative estimate of drug-likeness (QED) is 0.226. The summed E-state index contributed by atoms with van der Waals surface area (Å²) in [7, 11) is 0. The molecule has 4 heterocycles. The first kappa shape index (κ1) is 27.9. The van der Waals surface area contributed by atoms with Crippen LogP contribution in [0.15, 0.2) is 70.5 Å². The molecule has 0 bridgehead atoms. The van der Waals surface area contributed by atoms with Crippen molar-refractivity contribution in [2.75, 3.05) is 0 Å². The molecule has 0 aliphatic heterocycles. The molecule has 6 aromatic rings. The highest BCUT2D eigenvalue weighted by atomic mass is 16.3. The van der Waals surface area contributed by atoms with Crippen LogP contribution in [0.25, 0.3) is 45.1 Å². The molecular weight excluding hydrogens is 548 g/mol. The number of imidazole rings is 2. The standard InChI is InChI=1S/C17H18N4O2.C14H14N4O2/c22-13-7-5-12(6-8-13)14-9-18-15-16(19-14)21(17(23)20-15)10-11-3-1-2-4-11;1-8(2)18-13-12(17-14(18)20)15-7-11(16-13)9-3-5-10(19)6-4-9/h5-9,11,22H,1-4,10H2,(H,18,20,23);3-8,19H,1-2H3,(H,15,17,20). The van der Waals surface area contributed by atoms with Crippen LogP contribution in [-0.2, 0) is 6.54 Å². The monoisotopic (exact) mass is 580 g/mol. The maximum absolute atomic E-state index is 12.2. The molecule has 12 heteroatoms. The highest BCUT2D eigenvalue weighted by molar-refractivity contribution is 5.72. The molecule has 1 aliphatic rings. The normalized spacial score (nSPS) is 13.6. The summed E-state index contributed by atoms with van der Waals surface area (Å²) in [5.74, 6) is 0.955. The van der Waals surface area contributed by atoms with Crippen LogP contribution in [0.3, 0.4) is 0 Å². The summed E-state index contributed by atoms with van der Waals surface area (Å²) >= 11 is 0. The summed E-state index contributed by atoms with van der Waals surface area (Å²) in [4.78, 5) is 47.3. The maximum Gasteiger partial charge on any atom is 0.329 e. The number of hydrogen-bond acceptors (Lipinski definition) is 8. The molecule has 12 nitrogen and oxygen atoms in total. The van der Waals surface area contributed by atoms with Crippen LogP contribution in [0.4, 0.5) is 0 Å². The molecule has 0 radical (unpaired) electrons. The van der Waals surface area contributed by atoms with Crippen LogP contribution in [0.1, 0.15) is 45.6 Å². The lowest BCUT2D eigenvalue weighted by molar-refractivity contribution is 0.456. The van der Waals surface area contributed by atoms with Crippen LogP contribution in [-0.4, -0.2) is 49.3 Å². The molecule has 1 saturated carbocycles. The van der Waals surface area contributed by atoms with Crippen molar-refractivity contribution in [1.29, 1.82) is 0 Å². The Morgan fingerprint density at radius 1 is 0.767 bits per heavy atom. The van der Waals surface area contributed by atoms with E-state index in [1.807, 2.05) is 13.8 Å². The molecule has 1 fully saturated rings. The Balaban J connectivity index is 0.000000155. The second-order valence-electron chi connectivity index (χ2n) is 11.0. The second kappa shape index (κ2) is 11.6. The topological polar surface area (TPSA) is 168 Å². The number of rotatable bonds is 5. The molecule has 4 N–H and O–H groups in total. The highest BCUT2D eigenvalue weighted by Gasteiger charge is 2.19. The number of nitrogens with one attached hydrogen (secondary N) is 2. The molecule has 0 atom stereocenters. The third-order valence-corrected chi connectivity index (χ3v) is 7.66. The van der Waals surface area contributed by atoms with Gasteiger partial charge in [0.1, 0.15) is 11.5 Å². The minimum Gasteiger partial charge on any atom is -0.508 e. The minimum atomic E-state index is -0.210. The maximum atomic E-state index is 12.2. The minimum absolute atomic E-state index is 0.000572. The molecule has 1 aliphatic carbocycles. The lowest BCUT2D eigenvalue weighted by atomic mass is 10.1. The van der Waals surface area contributed by atoms with Gasteiger partial charge < -0.3 is 10.2 Å². The van der Waals surface area contributed by atoms with Gasteiger partial charge in [-0.3, -0.25) is 19.1 Å². The van der Waals surface area contributed by atoms with E-state index in [1.54, 1.807) is 70.1 Å². The highest BCUT2D eigenvalue weighted by Crippen LogP contribution is 2.27. The number of aromatic amines is 2. The van der Waals surface area contributed by atoms with E-state index in [2.05, 4.69) is 29.9 Å². The summed E-state index contributed by atoms with van der Waals surface area (Å²) in [5.41, 5.74) is 4.83. The van der Waals surface area contributed by atoms with Crippen LogP contribution >= 0.6 is 0 Å². The van der Waals surface area contributed by atoms with Gasteiger partial charge in [0.15, 0.2) is 22.6 Å². The fourth-order valence-corrected chi connectivity index (χ4v) is 5.46. The van der Waals surface area contributed by atoms with Gasteiger partial charge in [-0.1, -0.05) is 12.8 Å². The third-order valence-electron chi connectivity index (χ3n) is 7.66. The van der Waals surface area contributed by atoms with Crippen molar-refractivity contribution in [2.24, 2.45) is 5.92 Å². The van der Waals surface area contributed by atoms with Gasteiger partial charge in [-0.25, -0.2) is 29.5 Å².